The van der Waals surface area contributed by atoms with Crippen LogP contribution in [0.25, 0.3) is 0 Å². The molecule has 0 aliphatic rings. The predicted octanol–water partition coefficient (Wildman–Crippen LogP) is 1.42. The Bertz CT molecular complexity index is 399. The third-order valence-electron chi connectivity index (χ3n) is 2.94. The van der Waals surface area contributed by atoms with Crippen molar-refractivity contribution in [2.24, 2.45) is 5.41 Å². The summed E-state index contributed by atoms with van der Waals surface area (Å²) in [7, 11) is 3.11. The van der Waals surface area contributed by atoms with Crippen molar-refractivity contribution < 1.29 is 14.3 Å². The number of ether oxygens (including phenoxy) is 2. The van der Waals surface area contributed by atoms with E-state index in [9.17, 15) is 4.79 Å². The van der Waals surface area contributed by atoms with Crippen LogP contribution in [0.5, 0.6) is 0 Å². The normalized spacial score (nSPS) is 11.6. The van der Waals surface area contributed by atoms with Gasteiger partial charge in [-0.15, -0.1) is 0 Å². The van der Waals surface area contributed by atoms with E-state index in [-0.39, 0.29) is 5.97 Å². The summed E-state index contributed by atoms with van der Waals surface area (Å²) in [4.78, 5) is 11.6. The van der Waals surface area contributed by atoms with Crippen LogP contribution in [0.3, 0.4) is 0 Å². The number of rotatable bonds is 8. The molecule has 108 valence electrons. The molecule has 0 spiro atoms. The van der Waals surface area contributed by atoms with Crippen LogP contribution in [0.2, 0.25) is 0 Å². The van der Waals surface area contributed by atoms with E-state index in [0.717, 1.165) is 13.1 Å². The van der Waals surface area contributed by atoms with Crippen molar-refractivity contribution >= 4 is 5.97 Å². The average molecular weight is 268 g/mol. The Labute approximate surface area is 114 Å². The monoisotopic (exact) mass is 268 g/mol. The fourth-order valence-electron chi connectivity index (χ4n) is 1.90. The molecule has 1 rings (SSSR count). The lowest BCUT2D eigenvalue weighted by Crippen LogP contribution is -2.30. The fourth-order valence-corrected chi connectivity index (χ4v) is 1.90. The van der Waals surface area contributed by atoms with Gasteiger partial charge >= 0.3 is 5.97 Å². The molecule has 5 heteroatoms. The molecule has 0 saturated heterocycles. The topological polar surface area (TPSA) is 52.5 Å². The number of esters is 1. The zero-order valence-corrected chi connectivity index (χ0v) is 12.2. The number of nitrogens with one attached hydrogen (secondary N) is 1. The van der Waals surface area contributed by atoms with E-state index < -0.39 is 5.41 Å². The van der Waals surface area contributed by atoms with Crippen LogP contribution in [0, 0.1) is 5.41 Å². The molecule has 0 atom stereocenters. The molecule has 1 aromatic rings. The molecule has 1 heterocycles. The van der Waals surface area contributed by atoms with Crippen molar-refractivity contribution in [3.63, 3.8) is 0 Å². The Balaban J connectivity index is 2.48. The quantitative estimate of drug-likeness (QED) is 0.572. The molecule has 0 unspecified atom stereocenters. The summed E-state index contributed by atoms with van der Waals surface area (Å²) in [6.45, 7) is 6.71. The number of hydrogen-bond donors (Lipinski definition) is 1. The first kappa shape index (κ1) is 15.7. The van der Waals surface area contributed by atoms with Gasteiger partial charge in [-0.1, -0.05) is 0 Å². The Morgan fingerprint density at radius 2 is 2.16 bits per heavy atom. The van der Waals surface area contributed by atoms with Crippen LogP contribution in [0.1, 0.15) is 19.4 Å². The molecule has 19 heavy (non-hydrogen) atoms. The Morgan fingerprint density at radius 3 is 2.79 bits per heavy atom. The van der Waals surface area contributed by atoms with E-state index in [0.29, 0.717) is 13.2 Å². The first-order valence-electron chi connectivity index (χ1n) is 6.42. The van der Waals surface area contributed by atoms with Crippen molar-refractivity contribution in [3.05, 3.63) is 24.0 Å². The molecule has 0 saturated carbocycles. The van der Waals surface area contributed by atoms with E-state index in [1.165, 1.54) is 12.7 Å². The van der Waals surface area contributed by atoms with E-state index in [2.05, 4.69) is 5.32 Å². The smallest absolute Gasteiger partial charge is 0.313 e. The molecule has 0 bridgehead atoms. The van der Waals surface area contributed by atoms with Crippen LogP contribution in [0.15, 0.2) is 18.5 Å². The summed E-state index contributed by atoms with van der Waals surface area (Å²) in [5.74, 6) is -0.194. The van der Waals surface area contributed by atoms with Gasteiger partial charge in [0.25, 0.3) is 0 Å². The lowest BCUT2D eigenvalue weighted by Gasteiger charge is -2.21. The third kappa shape index (κ3) is 5.04. The minimum Gasteiger partial charge on any atom is -0.469 e. The Hall–Kier alpha value is -1.33. The summed E-state index contributed by atoms with van der Waals surface area (Å²) >= 11 is 0. The predicted molar refractivity (Wildman–Crippen MR) is 73.8 cm³/mol. The van der Waals surface area contributed by atoms with Crippen LogP contribution in [-0.2, 0) is 27.4 Å². The molecular formula is C14H24N2O3. The summed E-state index contributed by atoms with van der Waals surface area (Å²) in [5, 5.41) is 3.28. The van der Waals surface area contributed by atoms with Gasteiger partial charge in [0.1, 0.15) is 0 Å². The van der Waals surface area contributed by atoms with Crippen molar-refractivity contribution in [2.75, 3.05) is 27.4 Å². The molecule has 1 N–H and O–H groups in total. The van der Waals surface area contributed by atoms with Crippen LogP contribution >= 0.6 is 0 Å². The molecule has 0 aromatic carbocycles. The van der Waals surface area contributed by atoms with Gasteiger partial charge in [0.2, 0.25) is 0 Å². The van der Waals surface area contributed by atoms with E-state index in [4.69, 9.17) is 9.47 Å². The highest BCUT2D eigenvalue weighted by Gasteiger charge is 2.28. The molecule has 5 nitrogen and oxygen atoms in total. The zero-order chi connectivity index (χ0) is 14.3. The van der Waals surface area contributed by atoms with E-state index in [1.54, 1.807) is 7.11 Å². The largest absolute Gasteiger partial charge is 0.469 e. The second-order valence-electron chi connectivity index (χ2n) is 5.24. The highest BCUT2D eigenvalue weighted by Crippen LogP contribution is 2.20. The van der Waals surface area contributed by atoms with Gasteiger partial charge in [-0.2, -0.15) is 0 Å². The SMILES string of the molecule is COCCNCc1ccn(CC(C)(C)C(=O)OC)c1. The molecule has 0 aliphatic carbocycles. The molecule has 0 radical (unpaired) electrons. The van der Waals surface area contributed by atoms with E-state index >= 15 is 0 Å². The zero-order valence-electron chi connectivity index (χ0n) is 12.2. The number of carbonyl (C=O) groups excluding carboxylic acids is 1. The summed E-state index contributed by atoms with van der Waals surface area (Å²) in [6, 6.07) is 2.05. The highest BCUT2D eigenvalue weighted by molar-refractivity contribution is 5.75. The molecule has 0 amide bonds. The minimum atomic E-state index is -0.519. The maximum absolute atomic E-state index is 11.6. The first-order valence-corrected chi connectivity index (χ1v) is 6.42. The first-order chi connectivity index (χ1) is 8.99. The molecule has 0 aliphatic heterocycles. The highest BCUT2D eigenvalue weighted by atomic mass is 16.5. The lowest BCUT2D eigenvalue weighted by atomic mass is 9.94. The Kier molecular flexibility index (Phi) is 6.05. The summed E-state index contributed by atoms with van der Waals surface area (Å²) in [5.41, 5.74) is 0.672. The van der Waals surface area contributed by atoms with Gasteiger partial charge in [-0.25, -0.2) is 0 Å². The van der Waals surface area contributed by atoms with Gasteiger partial charge in [0.05, 0.1) is 19.1 Å². The van der Waals surface area contributed by atoms with Gasteiger partial charge in [0, 0.05) is 39.1 Å². The third-order valence-corrected chi connectivity index (χ3v) is 2.94. The van der Waals surface area contributed by atoms with Gasteiger partial charge in [-0.3, -0.25) is 4.79 Å². The molecule has 1 aromatic heterocycles. The second kappa shape index (κ2) is 7.31. The van der Waals surface area contributed by atoms with Crippen molar-refractivity contribution in [1.29, 1.82) is 0 Å². The van der Waals surface area contributed by atoms with Gasteiger partial charge in [-0.05, 0) is 25.5 Å². The number of carbonyl (C=O) groups is 1. The van der Waals surface area contributed by atoms with Crippen molar-refractivity contribution in [1.82, 2.24) is 9.88 Å². The maximum Gasteiger partial charge on any atom is 0.313 e. The minimum absolute atomic E-state index is 0.194. The molecular weight excluding hydrogens is 244 g/mol. The maximum atomic E-state index is 11.6. The number of nitrogens with zero attached hydrogens (tertiary/aromatic N) is 1. The average Bonchev–Trinajstić information content (AvgIpc) is 2.80. The standard InChI is InChI=1S/C14H24N2O3/c1-14(2,13(17)19-4)11-16-7-5-12(10-16)9-15-6-8-18-3/h5,7,10,15H,6,8-9,11H2,1-4H3. The van der Waals surface area contributed by atoms with Crippen molar-refractivity contribution in [2.45, 2.75) is 26.9 Å². The van der Waals surface area contributed by atoms with Crippen LogP contribution < -0.4 is 5.32 Å². The number of hydrogen-bond acceptors (Lipinski definition) is 4. The molecule has 0 fully saturated rings. The Morgan fingerprint density at radius 1 is 1.42 bits per heavy atom. The number of aromatic nitrogens is 1. The lowest BCUT2D eigenvalue weighted by molar-refractivity contribution is -0.151. The van der Waals surface area contributed by atoms with Crippen LogP contribution in [-0.4, -0.2) is 37.9 Å². The summed E-state index contributed by atoms with van der Waals surface area (Å²) < 4.78 is 11.8. The van der Waals surface area contributed by atoms with Crippen LogP contribution in [0.4, 0.5) is 0 Å². The number of methoxy groups -OCH3 is 2. The fraction of sp³-hybridized carbons (Fsp3) is 0.643. The van der Waals surface area contributed by atoms with Gasteiger partial charge in [0.15, 0.2) is 0 Å². The summed E-state index contributed by atoms with van der Waals surface area (Å²) in [6.07, 6.45) is 4.03. The van der Waals surface area contributed by atoms with E-state index in [1.807, 2.05) is 36.9 Å². The van der Waals surface area contributed by atoms with Gasteiger partial charge < -0.3 is 19.4 Å². The van der Waals surface area contributed by atoms with Crippen molar-refractivity contribution in [3.8, 4) is 0 Å². The second-order valence-corrected chi connectivity index (χ2v) is 5.24.